The lowest BCUT2D eigenvalue weighted by atomic mass is 10.2. The fourth-order valence-corrected chi connectivity index (χ4v) is 1.04. The zero-order valence-corrected chi connectivity index (χ0v) is 6.88. The monoisotopic (exact) mass is 172 g/mol. The SMILES string of the molecule is c1ccc2nn[nH]ncccc2c1. The molecule has 0 bridgehead atoms. The summed E-state index contributed by atoms with van der Waals surface area (Å²) >= 11 is 0. The van der Waals surface area contributed by atoms with Gasteiger partial charge in [0.15, 0.2) is 0 Å². The Balaban J connectivity index is 2.82. The zero-order chi connectivity index (χ0) is 8.93. The number of nitrogens with zero attached hydrogens (tertiary/aromatic N) is 3. The van der Waals surface area contributed by atoms with Crippen molar-refractivity contribution in [3.05, 3.63) is 42.6 Å². The van der Waals surface area contributed by atoms with E-state index in [4.69, 9.17) is 0 Å². The predicted octanol–water partition coefficient (Wildman–Crippen LogP) is 1.48. The average molecular weight is 172 g/mol. The number of nitrogens with one attached hydrogen (secondary N) is 1. The molecule has 0 aliphatic carbocycles. The molecule has 13 heavy (non-hydrogen) atoms. The Labute approximate surface area is 74.9 Å². The molecule has 1 N–H and O–H groups in total. The highest BCUT2D eigenvalue weighted by molar-refractivity contribution is 5.76. The molecule has 1 heterocycles. The van der Waals surface area contributed by atoms with Crippen molar-refractivity contribution < 1.29 is 0 Å². The zero-order valence-electron chi connectivity index (χ0n) is 6.88. The molecule has 2 aromatic rings. The van der Waals surface area contributed by atoms with Gasteiger partial charge in [-0.05, 0) is 12.1 Å². The smallest absolute Gasteiger partial charge is 0.0947 e. The van der Waals surface area contributed by atoms with Gasteiger partial charge in [0.05, 0.1) is 5.52 Å². The number of H-pyrrole nitrogens is 1. The molecule has 1 aromatic carbocycles. The molecule has 1 aromatic heterocycles. The van der Waals surface area contributed by atoms with Gasteiger partial charge in [-0.3, -0.25) is 0 Å². The lowest BCUT2D eigenvalue weighted by molar-refractivity contribution is 0.803. The van der Waals surface area contributed by atoms with E-state index in [1.807, 2.05) is 36.4 Å². The van der Waals surface area contributed by atoms with Gasteiger partial charge in [-0.2, -0.15) is 10.3 Å². The van der Waals surface area contributed by atoms with Crippen LogP contribution in [0.5, 0.6) is 0 Å². The molecular weight excluding hydrogens is 164 g/mol. The molecule has 2 rings (SSSR count). The van der Waals surface area contributed by atoms with Crippen LogP contribution in [0.2, 0.25) is 0 Å². The molecule has 0 radical (unpaired) electrons. The molecule has 0 amide bonds. The van der Waals surface area contributed by atoms with Crippen molar-refractivity contribution >= 4 is 10.9 Å². The Morgan fingerprint density at radius 1 is 1.00 bits per heavy atom. The van der Waals surface area contributed by atoms with Gasteiger partial charge in [0, 0.05) is 11.6 Å². The number of benzene rings is 1. The molecule has 0 aliphatic heterocycles. The summed E-state index contributed by atoms with van der Waals surface area (Å²) in [5.41, 5.74) is 0.830. The normalized spacial score (nSPS) is 9.54. The van der Waals surface area contributed by atoms with E-state index in [0.29, 0.717) is 0 Å². The minimum atomic E-state index is 0.830. The van der Waals surface area contributed by atoms with Crippen LogP contribution >= 0.6 is 0 Å². The highest BCUT2D eigenvalue weighted by Gasteiger charge is 1.85. The Hall–Kier alpha value is -1.97. The largest absolute Gasteiger partial charge is 0.179 e. The molecular formula is C9H8N4. The summed E-state index contributed by atoms with van der Waals surface area (Å²) in [7, 11) is 0. The van der Waals surface area contributed by atoms with E-state index in [1.165, 1.54) is 0 Å². The molecule has 4 nitrogen and oxygen atoms in total. The number of fused-ring (bicyclic) bond motifs is 1. The van der Waals surface area contributed by atoms with E-state index in [2.05, 4.69) is 20.6 Å². The van der Waals surface area contributed by atoms with Crippen LogP contribution in [0.25, 0.3) is 10.9 Å². The fraction of sp³-hybridized carbons (Fsp3) is 0. The van der Waals surface area contributed by atoms with Gasteiger partial charge < -0.3 is 0 Å². The second-order valence-corrected chi connectivity index (χ2v) is 2.50. The summed E-state index contributed by atoms with van der Waals surface area (Å²) in [4.78, 5) is 0. The van der Waals surface area contributed by atoms with E-state index >= 15 is 0 Å². The third-order valence-corrected chi connectivity index (χ3v) is 1.63. The first-order chi connectivity index (χ1) is 6.47. The van der Waals surface area contributed by atoms with E-state index in [9.17, 15) is 0 Å². The third-order valence-electron chi connectivity index (χ3n) is 1.63. The van der Waals surface area contributed by atoms with Gasteiger partial charge in [0.1, 0.15) is 0 Å². The minimum absolute atomic E-state index is 0.830. The number of aromatic nitrogens is 4. The van der Waals surface area contributed by atoms with Crippen LogP contribution in [-0.2, 0) is 0 Å². The van der Waals surface area contributed by atoms with Crippen molar-refractivity contribution in [2.75, 3.05) is 0 Å². The molecule has 0 saturated heterocycles. The second kappa shape index (κ2) is 3.62. The van der Waals surface area contributed by atoms with Gasteiger partial charge in [-0.1, -0.05) is 29.5 Å². The van der Waals surface area contributed by atoms with Gasteiger partial charge >= 0.3 is 0 Å². The topological polar surface area (TPSA) is 54.5 Å². The Morgan fingerprint density at radius 3 is 2.85 bits per heavy atom. The van der Waals surface area contributed by atoms with Gasteiger partial charge in [0.2, 0.25) is 0 Å². The van der Waals surface area contributed by atoms with E-state index in [0.717, 1.165) is 10.9 Å². The minimum Gasteiger partial charge on any atom is -0.179 e. The highest BCUT2D eigenvalue weighted by atomic mass is 15.4. The lowest BCUT2D eigenvalue weighted by Crippen LogP contribution is -1.81. The van der Waals surface area contributed by atoms with Crippen molar-refractivity contribution in [2.45, 2.75) is 0 Å². The van der Waals surface area contributed by atoms with Gasteiger partial charge in [-0.15, -0.1) is 5.10 Å². The number of hydrogen-bond acceptors (Lipinski definition) is 3. The van der Waals surface area contributed by atoms with Crippen LogP contribution in [-0.4, -0.2) is 20.6 Å². The van der Waals surface area contributed by atoms with Gasteiger partial charge in [-0.25, -0.2) is 0 Å². The quantitative estimate of drug-likeness (QED) is 0.654. The highest BCUT2D eigenvalue weighted by Crippen LogP contribution is 2.05. The summed E-state index contributed by atoms with van der Waals surface area (Å²) in [5.74, 6) is 0. The van der Waals surface area contributed by atoms with Crippen molar-refractivity contribution in [3.63, 3.8) is 0 Å². The fourth-order valence-electron chi connectivity index (χ4n) is 1.04. The lowest BCUT2D eigenvalue weighted by Gasteiger charge is -1.86. The molecule has 4 heteroatoms. The van der Waals surface area contributed by atoms with E-state index in [-0.39, 0.29) is 0 Å². The van der Waals surface area contributed by atoms with Crippen molar-refractivity contribution in [2.24, 2.45) is 0 Å². The number of hydrogen-bond donors (Lipinski definition) is 1. The summed E-state index contributed by atoms with van der Waals surface area (Å²) in [6.45, 7) is 0. The maximum absolute atomic E-state index is 3.96. The predicted molar refractivity (Wildman–Crippen MR) is 49.3 cm³/mol. The Bertz CT molecular complexity index is 407. The number of aromatic amines is 1. The summed E-state index contributed by atoms with van der Waals surface area (Å²) in [6, 6.07) is 11.5. The molecule has 0 aliphatic rings. The van der Waals surface area contributed by atoms with E-state index in [1.54, 1.807) is 6.20 Å². The van der Waals surface area contributed by atoms with Crippen LogP contribution in [0, 0.1) is 0 Å². The standard InChI is InChI=1S/C9H8N4/c1-2-6-9-8(4-1)5-3-7-10-12-13-11-9/h1-7H,(H,11,12). The second-order valence-electron chi connectivity index (χ2n) is 2.50. The van der Waals surface area contributed by atoms with Crippen molar-refractivity contribution in [1.82, 2.24) is 20.6 Å². The van der Waals surface area contributed by atoms with Crippen molar-refractivity contribution in [1.29, 1.82) is 0 Å². The molecule has 0 atom stereocenters. The Kier molecular flexibility index (Phi) is 2.14. The maximum Gasteiger partial charge on any atom is 0.0947 e. The third kappa shape index (κ3) is 1.79. The summed E-state index contributed by atoms with van der Waals surface area (Å²) in [6.07, 6.45) is 1.63. The summed E-state index contributed by atoms with van der Waals surface area (Å²) < 4.78 is 0. The van der Waals surface area contributed by atoms with Crippen LogP contribution in [0.1, 0.15) is 0 Å². The van der Waals surface area contributed by atoms with E-state index < -0.39 is 0 Å². The molecule has 0 fully saturated rings. The Morgan fingerprint density at radius 2 is 1.85 bits per heavy atom. The van der Waals surface area contributed by atoms with Crippen LogP contribution in [0.4, 0.5) is 0 Å². The molecule has 64 valence electrons. The van der Waals surface area contributed by atoms with Gasteiger partial charge in [0.25, 0.3) is 0 Å². The first-order valence-corrected chi connectivity index (χ1v) is 3.91. The average Bonchev–Trinajstić information content (AvgIpc) is 2.28. The first kappa shape index (κ1) is 7.67. The summed E-state index contributed by atoms with van der Waals surface area (Å²) in [5, 5.41) is 14.9. The van der Waals surface area contributed by atoms with Crippen LogP contribution in [0.3, 0.4) is 0 Å². The maximum atomic E-state index is 3.96. The number of rotatable bonds is 0. The van der Waals surface area contributed by atoms with Crippen LogP contribution in [0.15, 0.2) is 42.6 Å². The first-order valence-electron chi connectivity index (χ1n) is 3.91. The van der Waals surface area contributed by atoms with Crippen molar-refractivity contribution in [3.8, 4) is 0 Å². The molecule has 0 spiro atoms. The molecule has 0 saturated carbocycles. The van der Waals surface area contributed by atoms with Crippen LogP contribution < -0.4 is 0 Å². The molecule has 0 unspecified atom stereocenters.